The number of para-hydroxylation sites is 1. The predicted octanol–water partition coefficient (Wildman–Crippen LogP) is 2.13. The molecule has 0 spiro atoms. The molecule has 2 N–H and O–H groups in total. The zero-order valence-electron chi connectivity index (χ0n) is 14.0. The van der Waals surface area contributed by atoms with Crippen LogP contribution in [-0.4, -0.2) is 40.0 Å². The summed E-state index contributed by atoms with van der Waals surface area (Å²) in [4.78, 5) is 12.7. The Labute approximate surface area is 141 Å². The van der Waals surface area contributed by atoms with E-state index in [9.17, 15) is 9.90 Å². The Morgan fingerprint density at radius 3 is 2.83 bits per heavy atom. The van der Waals surface area contributed by atoms with Gasteiger partial charge in [-0.15, -0.1) is 0 Å². The molecule has 1 aliphatic rings. The predicted molar refractivity (Wildman–Crippen MR) is 90.9 cm³/mol. The number of amides is 1. The molecular formula is C18H23N3O3. The average molecular weight is 329 g/mol. The van der Waals surface area contributed by atoms with Gasteiger partial charge in [0, 0.05) is 18.8 Å². The lowest BCUT2D eigenvalue weighted by atomic mass is 9.92. The summed E-state index contributed by atoms with van der Waals surface area (Å²) in [5, 5.41) is 17.5. The first-order chi connectivity index (χ1) is 11.6. The van der Waals surface area contributed by atoms with Gasteiger partial charge in [0.1, 0.15) is 11.4 Å². The molecule has 1 aromatic heterocycles. The van der Waals surface area contributed by atoms with E-state index < -0.39 is 6.10 Å². The van der Waals surface area contributed by atoms with Crippen LogP contribution in [0.4, 0.5) is 0 Å². The molecule has 0 saturated heterocycles. The standard InChI is InChI=1S/C18H23N3O3/c1-21-11-13(18(23)19-14-8-4-5-9-15(14)22)17(20-21)12-7-3-6-10-16(12)24-2/h3,6-7,10-11,14-15,22H,4-5,8-9H2,1-2H3,(H,19,23). The Bertz CT molecular complexity index is 726. The number of carbonyl (C=O) groups is 1. The monoisotopic (exact) mass is 329 g/mol. The van der Waals surface area contributed by atoms with Gasteiger partial charge >= 0.3 is 0 Å². The molecule has 3 rings (SSSR count). The molecule has 1 aromatic carbocycles. The fourth-order valence-electron chi connectivity index (χ4n) is 3.22. The number of methoxy groups -OCH3 is 1. The van der Waals surface area contributed by atoms with Gasteiger partial charge in [0.15, 0.2) is 0 Å². The number of hydrogen-bond donors (Lipinski definition) is 2. The maximum absolute atomic E-state index is 12.7. The van der Waals surface area contributed by atoms with Crippen LogP contribution in [0, 0.1) is 0 Å². The van der Waals surface area contributed by atoms with E-state index in [1.165, 1.54) is 0 Å². The smallest absolute Gasteiger partial charge is 0.255 e. The largest absolute Gasteiger partial charge is 0.496 e. The molecule has 6 nitrogen and oxygen atoms in total. The molecule has 1 amide bonds. The Morgan fingerprint density at radius 2 is 2.08 bits per heavy atom. The van der Waals surface area contributed by atoms with Gasteiger partial charge in [0.25, 0.3) is 5.91 Å². The van der Waals surface area contributed by atoms with Crippen molar-refractivity contribution >= 4 is 5.91 Å². The lowest BCUT2D eigenvalue weighted by Crippen LogP contribution is -2.45. The summed E-state index contributed by atoms with van der Waals surface area (Å²) in [5.74, 6) is 0.456. The van der Waals surface area contributed by atoms with E-state index in [1.54, 1.807) is 25.0 Å². The van der Waals surface area contributed by atoms with Crippen LogP contribution in [0.5, 0.6) is 5.75 Å². The van der Waals surface area contributed by atoms with Gasteiger partial charge in [-0.2, -0.15) is 5.10 Å². The van der Waals surface area contributed by atoms with Crippen LogP contribution >= 0.6 is 0 Å². The molecule has 1 aliphatic carbocycles. The summed E-state index contributed by atoms with van der Waals surface area (Å²) >= 11 is 0. The fourth-order valence-corrected chi connectivity index (χ4v) is 3.22. The van der Waals surface area contributed by atoms with Crippen molar-refractivity contribution in [2.24, 2.45) is 7.05 Å². The molecule has 0 aliphatic heterocycles. The second-order valence-corrected chi connectivity index (χ2v) is 6.20. The van der Waals surface area contributed by atoms with E-state index in [2.05, 4.69) is 10.4 Å². The summed E-state index contributed by atoms with van der Waals surface area (Å²) in [7, 11) is 3.38. The first-order valence-corrected chi connectivity index (χ1v) is 8.26. The summed E-state index contributed by atoms with van der Waals surface area (Å²) in [6, 6.07) is 7.30. The van der Waals surface area contributed by atoms with Crippen LogP contribution in [0.25, 0.3) is 11.3 Å². The molecule has 0 bridgehead atoms. The van der Waals surface area contributed by atoms with E-state index >= 15 is 0 Å². The minimum Gasteiger partial charge on any atom is -0.496 e. The maximum Gasteiger partial charge on any atom is 0.255 e. The number of nitrogens with zero attached hydrogens (tertiary/aromatic N) is 2. The number of aliphatic hydroxyl groups excluding tert-OH is 1. The van der Waals surface area contributed by atoms with Gasteiger partial charge in [-0.3, -0.25) is 9.48 Å². The number of aryl methyl sites for hydroxylation is 1. The van der Waals surface area contributed by atoms with Crippen LogP contribution in [-0.2, 0) is 7.05 Å². The normalized spacial score (nSPS) is 20.6. The number of aliphatic hydroxyl groups is 1. The van der Waals surface area contributed by atoms with Crippen molar-refractivity contribution in [3.63, 3.8) is 0 Å². The first-order valence-electron chi connectivity index (χ1n) is 8.26. The van der Waals surface area contributed by atoms with Crippen LogP contribution < -0.4 is 10.1 Å². The fraction of sp³-hybridized carbons (Fsp3) is 0.444. The number of ether oxygens (including phenoxy) is 1. The van der Waals surface area contributed by atoms with Gasteiger partial charge in [-0.25, -0.2) is 0 Å². The third-order valence-corrected chi connectivity index (χ3v) is 4.48. The number of hydrogen-bond acceptors (Lipinski definition) is 4. The lowest BCUT2D eigenvalue weighted by Gasteiger charge is -2.28. The SMILES string of the molecule is COc1ccccc1-c1nn(C)cc1C(=O)NC1CCCCC1O. The van der Waals surface area contributed by atoms with E-state index in [-0.39, 0.29) is 11.9 Å². The third kappa shape index (κ3) is 3.28. The molecule has 128 valence electrons. The number of rotatable bonds is 4. The van der Waals surface area contributed by atoms with Gasteiger partial charge in [0.05, 0.1) is 24.8 Å². The zero-order chi connectivity index (χ0) is 17.1. The Hall–Kier alpha value is -2.34. The molecule has 24 heavy (non-hydrogen) atoms. The number of nitrogens with one attached hydrogen (secondary N) is 1. The average Bonchev–Trinajstić information content (AvgIpc) is 2.98. The van der Waals surface area contributed by atoms with Crippen molar-refractivity contribution in [2.75, 3.05) is 7.11 Å². The Balaban J connectivity index is 1.90. The van der Waals surface area contributed by atoms with Crippen molar-refractivity contribution in [1.29, 1.82) is 0 Å². The maximum atomic E-state index is 12.7. The topological polar surface area (TPSA) is 76.4 Å². The molecule has 2 unspecified atom stereocenters. The van der Waals surface area contributed by atoms with Crippen molar-refractivity contribution < 1.29 is 14.6 Å². The highest BCUT2D eigenvalue weighted by Crippen LogP contribution is 2.31. The molecule has 1 heterocycles. The van der Waals surface area contributed by atoms with Gasteiger partial charge < -0.3 is 15.2 Å². The van der Waals surface area contributed by atoms with Crippen molar-refractivity contribution in [1.82, 2.24) is 15.1 Å². The van der Waals surface area contributed by atoms with E-state index in [4.69, 9.17) is 4.74 Å². The van der Waals surface area contributed by atoms with Crippen LogP contribution in [0.2, 0.25) is 0 Å². The Kier molecular flexibility index (Phi) is 4.85. The van der Waals surface area contributed by atoms with Crippen LogP contribution in [0.15, 0.2) is 30.5 Å². The number of aromatic nitrogens is 2. The summed E-state index contributed by atoms with van der Waals surface area (Å²) in [5.41, 5.74) is 1.84. The van der Waals surface area contributed by atoms with Gasteiger partial charge in [0.2, 0.25) is 0 Å². The van der Waals surface area contributed by atoms with Crippen molar-refractivity contribution in [2.45, 2.75) is 37.8 Å². The minimum absolute atomic E-state index is 0.197. The third-order valence-electron chi connectivity index (χ3n) is 4.48. The highest BCUT2D eigenvalue weighted by molar-refractivity contribution is 6.00. The van der Waals surface area contributed by atoms with Gasteiger partial charge in [-0.05, 0) is 25.0 Å². The first kappa shape index (κ1) is 16.5. The molecular weight excluding hydrogens is 306 g/mol. The second-order valence-electron chi connectivity index (χ2n) is 6.20. The quantitative estimate of drug-likeness (QED) is 0.901. The van der Waals surface area contributed by atoms with E-state index in [0.717, 1.165) is 31.2 Å². The second kappa shape index (κ2) is 7.05. The van der Waals surface area contributed by atoms with Crippen molar-refractivity contribution in [3.05, 3.63) is 36.0 Å². The highest BCUT2D eigenvalue weighted by Gasteiger charge is 2.27. The molecule has 2 aromatic rings. The van der Waals surface area contributed by atoms with E-state index in [1.807, 2.05) is 24.3 Å². The van der Waals surface area contributed by atoms with Crippen LogP contribution in [0.1, 0.15) is 36.0 Å². The molecule has 0 radical (unpaired) electrons. The number of benzene rings is 1. The number of carbonyl (C=O) groups excluding carboxylic acids is 1. The highest BCUT2D eigenvalue weighted by atomic mass is 16.5. The molecule has 1 fully saturated rings. The minimum atomic E-state index is -0.478. The van der Waals surface area contributed by atoms with Crippen molar-refractivity contribution in [3.8, 4) is 17.0 Å². The molecule has 2 atom stereocenters. The zero-order valence-corrected chi connectivity index (χ0v) is 14.0. The van der Waals surface area contributed by atoms with Crippen LogP contribution in [0.3, 0.4) is 0 Å². The lowest BCUT2D eigenvalue weighted by molar-refractivity contribution is 0.0717. The molecule has 6 heteroatoms. The summed E-state index contributed by atoms with van der Waals surface area (Å²) < 4.78 is 7.01. The van der Waals surface area contributed by atoms with Gasteiger partial charge in [-0.1, -0.05) is 25.0 Å². The summed E-state index contributed by atoms with van der Waals surface area (Å²) in [6.07, 6.45) is 4.79. The Morgan fingerprint density at radius 1 is 1.33 bits per heavy atom. The molecule has 1 saturated carbocycles. The van der Waals surface area contributed by atoms with E-state index in [0.29, 0.717) is 17.0 Å². The summed E-state index contributed by atoms with van der Waals surface area (Å²) in [6.45, 7) is 0.